The molecule has 0 radical (unpaired) electrons. The number of ether oxygens (including phenoxy) is 1. The van der Waals surface area contributed by atoms with Crippen LogP contribution in [0.3, 0.4) is 0 Å². The Morgan fingerprint density at radius 2 is 1.86 bits per heavy atom. The molecule has 2 heterocycles. The lowest BCUT2D eigenvalue weighted by molar-refractivity contribution is 0.0600. The maximum Gasteiger partial charge on any atom is 0.340 e. The summed E-state index contributed by atoms with van der Waals surface area (Å²) in [6, 6.07) is 7.61. The summed E-state index contributed by atoms with van der Waals surface area (Å²) in [4.78, 5) is 15.2. The maximum atomic E-state index is 12.2. The van der Waals surface area contributed by atoms with Gasteiger partial charge in [0.25, 0.3) is 0 Å². The number of methoxy groups -OCH3 is 1. The van der Waals surface area contributed by atoms with Crippen molar-refractivity contribution in [3.8, 4) is 17.0 Å². The van der Waals surface area contributed by atoms with E-state index in [2.05, 4.69) is 4.98 Å². The Bertz CT molecular complexity index is 887. The molecular formula is C17H18N2O3. The molecule has 0 fully saturated rings. The summed E-state index contributed by atoms with van der Waals surface area (Å²) in [5.41, 5.74) is 4.37. The molecule has 0 saturated carbocycles. The fourth-order valence-corrected chi connectivity index (χ4v) is 2.99. The molecule has 2 aromatic heterocycles. The first-order valence-corrected chi connectivity index (χ1v) is 7.01. The number of carbonyl (C=O) groups excluding carboxylic acids is 1. The Balaban J connectivity index is 2.43. The minimum Gasteiger partial charge on any atom is -0.494 e. The van der Waals surface area contributed by atoms with Crippen molar-refractivity contribution in [1.82, 2.24) is 9.55 Å². The van der Waals surface area contributed by atoms with E-state index in [1.54, 1.807) is 0 Å². The van der Waals surface area contributed by atoms with E-state index in [1.165, 1.54) is 7.11 Å². The summed E-state index contributed by atoms with van der Waals surface area (Å²) >= 11 is 0. The van der Waals surface area contributed by atoms with Crippen LogP contribution in [0.15, 0.2) is 24.3 Å². The number of carbonyl (C=O) groups is 1. The van der Waals surface area contributed by atoms with Crippen LogP contribution in [0.4, 0.5) is 0 Å². The van der Waals surface area contributed by atoms with E-state index in [1.807, 2.05) is 49.7 Å². The van der Waals surface area contributed by atoms with Crippen LogP contribution in [-0.4, -0.2) is 27.7 Å². The van der Waals surface area contributed by atoms with E-state index < -0.39 is 5.97 Å². The van der Waals surface area contributed by atoms with E-state index in [-0.39, 0.29) is 5.88 Å². The van der Waals surface area contributed by atoms with Crippen molar-refractivity contribution >= 4 is 16.9 Å². The number of aromatic amines is 1. The van der Waals surface area contributed by atoms with Crippen LogP contribution in [0.25, 0.3) is 22.0 Å². The third-order valence-corrected chi connectivity index (χ3v) is 4.31. The van der Waals surface area contributed by atoms with E-state index in [0.29, 0.717) is 16.7 Å². The third-order valence-electron chi connectivity index (χ3n) is 4.31. The molecule has 5 heteroatoms. The number of H-pyrrole nitrogens is 1. The highest BCUT2D eigenvalue weighted by Crippen LogP contribution is 2.42. The molecule has 1 aromatic carbocycles. The van der Waals surface area contributed by atoms with Crippen LogP contribution in [0.1, 0.15) is 21.7 Å². The van der Waals surface area contributed by atoms with Gasteiger partial charge in [0.05, 0.1) is 18.2 Å². The van der Waals surface area contributed by atoms with E-state index in [4.69, 9.17) is 4.74 Å². The second kappa shape index (κ2) is 4.94. The van der Waals surface area contributed by atoms with Gasteiger partial charge in [0.1, 0.15) is 0 Å². The zero-order chi connectivity index (χ0) is 16.0. The minimum absolute atomic E-state index is 0.0556. The number of aromatic nitrogens is 2. The number of para-hydroxylation sites is 1. The smallest absolute Gasteiger partial charge is 0.340 e. The van der Waals surface area contributed by atoms with Crippen LogP contribution < -0.4 is 0 Å². The van der Waals surface area contributed by atoms with Crippen molar-refractivity contribution in [3.05, 3.63) is 41.2 Å². The number of hydrogen-bond acceptors (Lipinski definition) is 3. The number of nitrogens with zero attached hydrogens (tertiary/aromatic N) is 1. The first kappa shape index (κ1) is 14.3. The second-order valence-electron chi connectivity index (χ2n) is 5.37. The number of nitrogens with one attached hydrogen (secondary N) is 1. The normalized spacial score (nSPS) is 11.1. The van der Waals surface area contributed by atoms with Gasteiger partial charge in [0, 0.05) is 34.9 Å². The summed E-state index contributed by atoms with van der Waals surface area (Å²) in [6.07, 6.45) is 0. The average molecular weight is 298 g/mol. The average Bonchev–Trinajstić information content (AvgIpc) is 2.95. The van der Waals surface area contributed by atoms with Crippen molar-refractivity contribution in [1.29, 1.82) is 0 Å². The fraction of sp³-hybridized carbons (Fsp3) is 0.235. The molecule has 3 aromatic rings. The van der Waals surface area contributed by atoms with Gasteiger partial charge < -0.3 is 19.4 Å². The highest BCUT2D eigenvalue weighted by molar-refractivity contribution is 6.07. The molecule has 0 atom stereocenters. The lowest BCUT2D eigenvalue weighted by Gasteiger charge is -2.05. The SMILES string of the molecule is COC(=O)c1c(-c2c(O)[nH]c3ccccc23)c(C)n(C)c1C. The van der Waals surface area contributed by atoms with Crippen molar-refractivity contribution < 1.29 is 14.6 Å². The summed E-state index contributed by atoms with van der Waals surface area (Å²) in [5.74, 6) is -0.346. The molecule has 0 saturated heterocycles. The third kappa shape index (κ3) is 1.82. The zero-order valence-corrected chi connectivity index (χ0v) is 13.0. The number of hydrogen-bond donors (Lipinski definition) is 2. The molecule has 0 unspecified atom stereocenters. The van der Waals surface area contributed by atoms with Crippen LogP contribution in [0.2, 0.25) is 0 Å². The van der Waals surface area contributed by atoms with Gasteiger partial charge in [0.15, 0.2) is 5.88 Å². The van der Waals surface area contributed by atoms with Gasteiger partial charge in [-0.05, 0) is 19.9 Å². The summed E-state index contributed by atoms with van der Waals surface area (Å²) in [7, 11) is 3.26. The predicted molar refractivity (Wildman–Crippen MR) is 85.2 cm³/mol. The highest BCUT2D eigenvalue weighted by atomic mass is 16.5. The van der Waals surface area contributed by atoms with Crippen molar-refractivity contribution in [2.45, 2.75) is 13.8 Å². The standard InChI is InChI=1S/C17H18N2O3/c1-9-13(14(17(21)22-4)10(2)19(9)3)15-11-7-5-6-8-12(11)18-16(15)20/h5-8,18,20H,1-4H3. The molecule has 0 spiro atoms. The molecule has 22 heavy (non-hydrogen) atoms. The van der Waals surface area contributed by atoms with Crippen molar-refractivity contribution in [2.24, 2.45) is 7.05 Å². The van der Waals surface area contributed by atoms with E-state index >= 15 is 0 Å². The molecule has 0 aliphatic heterocycles. The Hall–Kier alpha value is -2.69. The first-order chi connectivity index (χ1) is 10.5. The molecular weight excluding hydrogens is 280 g/mol. The Labute approximate surface area is 128 Å². The Morgan fingerprint density at radius 1 is 1.18 bits per heavy atom. The van der Waals surface area contributed by atoms with Gasteiger partial charge in [0.2, 0.25) is 0 Å². The van der Waals surface area contributed by atoms with Crippen LogP contribution in [0, 0.1) is 13.8 Å². The lowest BCUT2D eigenvalue weighted by atomic mass is 9.99. The zero-order valence-electron chi connectivity index (χ0n) is 13.0. The molecule has 5 nitrogen and oxygen atoms in total. The van der Waals surface area contributed by atoms with Gasteiger partial charge in [-0.15, -0.1) is 0 Å². The van der Waals surface area contributed by atoms with Gasteiger partial charge in [-0.3, -0.25) is 0 Å². The monoisotopic (exact) mass is 298 g/mol. The van der Waals surface area contributed by atoms with Crippen molar-refractivity contribution in [3.63, 3.8) is 0 Å². The largest absolute Gasteiger partial charge is 0.494 e. The van der Waals surface area contributed by atoms with Crippen molar-refractivity contribution in [2.75, 3.05) is 7.11 Å². The molecule has 0 aliphatic carbocycles. The lowest BCUT2D eigenvalue weighted by Crippen LogP contribution is -2.04. The van der Waals surface area contributed by atoms with Crippen LogP contribution in [-0.2, 0) is 11.8 Å². The predicted octanol–water partition coefficient (Wildman–Crippen LogP) is 3.28. The second-order valence-corrected chi connectivity index (χ2v) is 5.37. The first-order valence-electron chi connectivity index (χ1n) is 7.01. The Morgan fingerprint density at radius 3 is 2.55 bits per heavy atom. The quantitative estimate of drug-likeness (QED) is 0.713. The van der Waals surface area contributed by atoms with Gasteiger partial charge >= 0.3 is 5.97 Å². The number of esters is 1. The van der Waals surface area contributed by atoms with Gasteiger partial charge in [-0.2, -0.15) is 0 Å². The van der Waals surface area contributed by atoms with E-state index in [0.717, 1.165) is 22.3 Å². The topological polar surface area (TPSA) is 67.2 Å². The molecule has 0 amide bonds. The number of fused-ring (bicyclic) bond motifs is 1. The summed E-state index contributed by atoms with van der Waals surface area (Å²) in [5, 5.41) is 11.2. The molecule has 0 bridgehead atoms. The minimum atomic E-state index is -0.402. The number of aromatic hydroxyl groups is 1. The van der Waals surface area contributed by atoms with Gasteiger partial charge in [-0.1, -0.05) is 18.2 Å². The fourth-order valence-electron chi connectivity index (χ4n) is 2.99. The summed E-state index contributed by atoms with van der Waals surface area (Å²) < 4.78 is 6.87. The number of rotatable bonds is 2. The molecule has 0 aliphatic rings. The molecule has 3 rings (SSSR count). The van der Waals surface area contributed by atoms with Crippen LogP contribution >= 0.6 is 0 Å². The molecule has 2 N–H and O–H groups in total. The van der Waals surface area contributed by atoms with Gasteiger partial charge in [-0.25, -0.2) is 4.79 Å². The summed E-state index contributed by atoms with van der Waals surface area (Å²) in [6.45, 7) is 3.80. The Kier molecular flexibility index (Phi) is 3.20. The highest BCUT2D eigenvalue weighted by Gasteiger charge is 2.27. The molecule has 114 valence electrons. The number of benzene rings is 1. The van der Waals surface area contributed by atoms with E-state index in [9.17, 15) is 9.90 Å². The maximum absolute atomic E-state index is 12.2. The van der Waals surface area contributed by atoms with Crippen LogP contribution in [0.5, 0.6) is 5.88 Å².